The smallest absolute Gasteiger partial charge is 0.270 e. The average molecular weight is 407 g/mol. The second kappa shape index (κ2) is 7.34. The Morgan fingerprint density at radius 3 is 2.41 bits per heavy atom. The zero-order valence-electron chi connectivity index (χ0n) is 13.3. The first kappa shape index (κ1) is 18.8. The lowest BCUT2D eigenvalue weighted by Crippen LogP contribution is -2.54. The molecule has 1 N–H and O–H groups in total. The third-order valence-corrected chi connectivity index (χ3v) is 4.20. The second-order valence-corrected chi connectivity index (χ2v) is 6.25. The summed E-state index contributed by atoms with van der Waals surface area (Å²) in [5, 5.41) is 2.54. The van der Waals surface area contributed by atoms with E-state index in [1.54, 1.807) is 0 Å². The molecule has 27 heavy (non-hydrogen) atoms. The number of nitrogens with one attached hydrogen (secondary N) is 1. The van der Waals surface area contributed by atoms with Crippen LogP contribution in [0, 0.1) is 11.6 Å². The Labute approximate surface area is 162 Å². The number of anilines is 1. The van der Waals surface area contributed by atoms with E-state index < -0.39 is 40.4 Å². The van der Waals surface area contributed by atoms with Gasteiger partial charge in [0.15, 0.2) is 10.9 Å². The van der Waals surface area contributed by atoms with Crippen molar-refractivity contribution in [1.82, 2.24) is 5.32 Å². The van der Waals surface area contributed by atoms with Gasteiger partial charge in [-0.05, 0) is 48.6 Å². The van der Waals surface area contributed by atoms with Crippen LogP contribution in [0.1, 0.15) is 10.4 Å². The molecule has 0 unspecified atom stereocenters. The lowest BCUT2D eigenvalue weighted by molar-refractivity contribution is -0.122. The van der Waals surface area contributed by atoms with Gasteiger partial charge in [-0.3, -0.25) is 24.6 Å². The minimum atomic E-state index is -1.11. The highest BCUT2D eigenvalue weighted by Gasteiger charge is 2.35. The number of hydrogen-bond donors (Lipinski definition) is 1. The highest BCUT2D eigenvalue weighted by atomic mass is 35.5. The van der Waals surface area contributed by atoms with Gasteiger partial charge in [-0.25, -0.2) is 8.78 Å². The fourth-order valence-corrected chi connectivity index (χ4v) is 2.79. The highest BCUT2D eigenvalue weighted by molar-refractivity contribution is 7.80. The lowest BCUT2D eigenvalue weighted by atomic mass is 10.0. The largest absolute Gasteiger partial charge is 0.298 e. The van der Waals surface area contributed by atoms with Crippen molar-refractivity contribution in [2.75, 3.05) is 4.90 Å². The summed E-state index contributed by atoms with van der Waals surface area (Å²) in [6, 6.07) is 8.40. The summed E-state index contributed by atoms with van der Waals surface area (Å²) in [5.41, 5.74) is -0.691. The van der Waals surface area contributed by atoms with Gasteiger partial charge < -0.3 is 0 Å². The predicted octanol–water partition coefficient (Wildman–Crippen LogP) is 3.18. The molecular weight excluding hydrogens is 398 g/mol. The van der Waals surface area contributed by atoms with Crippen LogP contribution in [0.4, 0.5) is 14.5 Å². The summed E-state index contributed by atoms with van der Waals surface area (Å²) in [7, 11) is 0. The molecule has 1 aliphatic rings. The summed E-state index contributed by atoms with van der Waals surface area (Å²) in [6.07, 6.45) is 0.693. The number of rotatable bonds is 3. The summed E-state index contributed by atoms with van der Waals surface area (Å²) < 4.78 is 26.8. The van der Waals surface area contributed by atoms with Crippen LogP contribution in [0.5, 0.6) is 0 Å². The SMILES string of the molecule is O=C1NC(=S)N(c2ccc(Cl)cc2)C(=O)C1=CC(=O)c1ccc(F)cc1F. The molecule has 0 saturated carbocycles. The Balaban J connectivity index is 1.98. The van der Waals surface area contributed by atoms with Crippen molar-refractivity contribution in [3.63, 3.8) is 0 Å². The molecule has 3 rings (SSSR count). The third kappa shape index (κ3) is 3.76. The lowest BCUT2D eigenvalue weighted by Gasteiger charge is -2.28. The fraction of sp³-hybridized carbons (Fsp3) is 0. The maximum absolute atomic E-state index is 13.8. The zero-order valence-corrected chi connectivity index (χ0v) is 14.9. The summed E-state index contributed by atoms with van der Waals surface area (Å²) in [5.74, 6) is -4.68. The molecule has 0 spiro atoms. The van der Waals surface area contributed by atoms with E-state index in [0.29, 0.717) is 22.9 Å². The molecule has 0 atom stereocenters. The first-order valence-electron chi connectivity index (χ1n) is 7.44. The predicted molar refractivity (Wildman–Crippen MR) is 98.5 cm³/mol. The topological polar surface area (TPSA) is 66.5 Å². The quantitative estimate of drug-likeness (QED) is 0.368. The van der Waals surface area contributed by atoms with E-state index in [4.69, 9.17) is 23.8 Å². The minimum absolute atomic E-state index is 0.176. The van der Waals surface area contributed by atoms with E-state index in [2.05, 4.69) is 5.32 Å². The van der Waals surface area contributed by atoms with Gasteiger partial charge in [-0.15, -0.1) is 0 Å². The van der Waals surface area contributed by atoms with Gasteiger partial charge in [0, 0.05) is 17.2 Å². The molecule has 1 saturated heterocycles. The van der Waals surface area contributed by atoms with E-state index in [0.717, 1.165) is 17.0 Å². The van der Waals surface area contributed by atoms with E-state index >= 15 is 0 Å². The Morgan fingerprint density at radius 2 is 1.78 bits per heavy atom. The van der Waals surface area contributed by atoms with Gasteiger partial charge in [0.2, 0.25) is 0 Å². The molecule has 1 heterocycles. The van der Waals surface area contributed by atoms with Gasteiger partial charge in [0.05, 0.1) is 11.3 Å². The average Bonchev–Trinajstić information content (AvgIpc) is 2.60. The first-order valence-corrected chi connectivity index (χ1v) is 8.23. The van der Waals surface area contributed by atoms with E-state index in [1.807, 2.05) is 0 Å². The normalized spacial score (nSPS) is 15.9. The van der Waals surface area contributed by atoms with Gasteiger partial charge in [-0.2, -0.15) is 0 Å². The van der Waals surface area contributed by atoms with Crippen LogP contribution < -0.4 is 10.2 Å². The number of nitrogens with zero attached hydrogens (tertiary/aromatic N) is 1. The number of amides is 2. The molecule has 0 aromatic heterocycles. The van der Waals surface area contributed by atoms with Crippen LogP contribution in [-0.4, -0.2) is 22.7 Å². The molecule has 5 nitrogen and oxygen atoms in total. The van der Waals surface area contributed by atoms with Crippen molar-refractivity contribution >= 4 is 52.2 Å². The number of allylic oxidation sites excluding steroid dienone is 1. The van der Waals surface area contributed by atoms with E-state index in [1.165, 1.54) is 24.3 Å². The van der Waals surface area contributed by atoms with E-state index in [-0.39, 0.29) is 5.11 Å². The second-order valence-electron chi connectivity index (χ2n) is 5.42. The van der Waals surface area contributed by atoms with Crippen molar-refractivity contribution in [1.29, 1.82) is 0 Å². The van der Waals surface area contributed by atoms with Crippen molar-refractivity contribution in [2.45, 2.75) is 0 Å². The highest BCUT2D eigenvalue weighted by Crippen LogP contribution is 2.23. The van der Waals surface area contributed by atoms with Crippen LogP contribution in [-0.2, 0) is 9.59 Å². The summed E-state index contributed by atoms with van der Waals surface area (Å²) >= 11 is 10.8. The Kier molecular flexibility index (Phi) is 5.11. The van der Waals surface area contributed by atoms with Crippen LogP contribution in [0.3, 0.4) is 0 Å². The Morgan fingerprint density at radius 1 is 1.11 bits per heavy atom. The minimum Gasteiger partial charge on any atom is -0.298 e. The Hall–Kier alpha value is -2.97. The van der Waals surface area contributed by atoms with Crippen molar-refractivity contribution in [3.05, 3.63) is 76.3 Å². The zero-order chi connectivity index (χ0) is 19.7. The molecule has 9 heteroatoms. The third-order valence-electron chi connectivity index (χ3n) is 3.66. The van der Waals surface area contributed by atoms with Gasteiger partial charge in [-0.1, -0.05) is 11.6 Å². The molecule has 1 aliphatic heterocycles. The molecular formula is C18H9ClF2N2O3S. The maximum atomic E-state index is 13.8. The van der Waals surface area contributed by atoms with E-state index in [9.17, 15) is 23.2 Å². The fourth-order valence-electron chi connectivity index (χ4n) is 2.38. The summed E-state index contributed by atoms with van der Waals surface area (Å²) in [4.78, 5) is 38.1. The molecule has 136 valence electrons. The number of thiocarbonyl (C=S) groups is 1. The number of ketones is 1. The molecule has 0 aliphatic carbocycles. The molecule has 2 aromatic carbocycles. The van der Waals surface area contributed by atoms with Crippen molar-refractivity contribution in [2.24, 2.45) is 0 Å². The Bertz CT molecular complexity index is 1020. The standard InChI is InChI=1S/C18H9ClF2N2O3S/c19-9-1-4-11(5-2-9)23-17(26)13(16(25)22-18(23)27)8-15(24)12-6-3-10(20)7-14(12)21/h1-8H,(H,22,25,27). The van der Waals surface area contributed by atoms with Crippen LogP contribution in [0.15, 0.2) is 54.1 Å². The van der Waals surface area contributed by atoms with Gasteiger partial charge in [0.25, 0.3) is 11.8 Å². The van der Waals surface area contributed by atoms with Crippen molar-refractivity contribution in [3.8, 4) is 0 Å². The molecule has 0 bridgehead atoms. The van der Waals surface area contributed by atoms with Gasteiger partial charge >= 0.3 is 0 Å². The van der Waals surface area contributed by atoms with Gasteiger partial charge in [0.1, 0.15) is 17.2 Å². The van der Waals surface area contributed by atoms with Crippen LogP contribution >= 0.6 is 23.8 Å². The first-order chi connectivity index (χ1) is 12.8. The molecule has 2 amide bonds. The molecule has 1 fully saturated rings. The monoisotopic (exact) mass is 406 g/mol. The van der Waals surface area contributed by atoms with Crippen LogP contribution in [0.25, 0.3) is 0 Å². The summed E-state index contributed by atoms with van der Waals surface area (Å²) in [6.45, 7) is 0. The number of carbonyl (C=O) groups excluding carboxylic acids is 3. The van der Waals surface area contributed by atoms with Crippen LogP contribution in [0.2, 0.25) is 5.02 Å². The number of carbonyl (C=O) groups is 3. The maximum Gasteiger partial charge on any atom is 0.270 e. The number of hydrogen-bond acceptors (Lipinski definition) is 4. The van der Waals surface area contributed by atoms with Crippen molar-refractivity contribution < 1.29 is 23.2 Å². The molecule has 2 aromatic rings. The number of benzene rings is 2. The number of halogens is 3. The molecule has 0 radical (unpaired) electrons.